The Hall–Kier alpha value is -0.980. The van der Waals surface area contributed by atoms with Crippen molar-refractivity contribution in [3.8, 4) is 11.5 Å². The Morgan fingerprint density at radius 1 is 1.05 bits per heavy atom. The maximum Gasteiger partial charge on any atom is 0.186 e. The minimum atomic E-state index is -2.17. The van der Waals surface area contributed by atoms with E-state index >= 15 is 0 Å². The molecule has 0 aliphatic rings. The number of ether oxygens (including phenoxy) is 1. The van der Waals surface area contributed by atoms with Crippen LogP contribution in [-0.4, -0.2) is 8.76 Å². The monoisotopic (exact) mass is 351 g/mol. The van der Waals surface area contributed by atoms with Gasteiger partial charge in [-0.1, -0.05) is 34.8 Å². The van der Waals surface area contributed by atoms with Crippen LogP contribution in [0.5, 0.6) is 11.5 Å². The first-order valence-electron chi connectivity index (χ1n) is 5.21. The highest BCUT2D eigenvalue weighted by Crippen LogP contribution is 2.39. The molecule has 0 aliphatic carbocycles. The summed E-state index contributed by atoms with van der Waals surface area (Å²) in [5, 5.41) is 0.563. The summed E-state index contributed by atoms with van der Waals surface area (Å²) in [6.07, 6.45) is 0. The van der Waals surface area contributed by atoms with Crippen LogP contribution >= 0.6 is 34.8 Å². The van der Waals surface area contributed by atoms with Crippen molar-refractivity contribution in [3.63, 3.8) is 0 Å². The predicted molar refractivity (Wildman–Crippen MR) is 81.4 cm³/mol. The molecule has 8 heteroatoms. The molecule has 4 nitrogen and oxygen atoms in total. The van der Waals surface area contributed by atoms with Gasteiger partial charge in [0.1, 0.15) is 5.75 Å². The Balaban J connectivity index is 2.38. The minimum absolute atomic E-state index is 0.0858. The first kappa shape index (κ1) is 15.4. The van der Waals surface area contributed by atoms with Crippen LogP contribution in [0.2, 0.25) is 15.1 Å². The fraction of sp³-hybridized carbons (Fsp3) is 0. The first-order valence-corrected chi connectivity index (χ1v) is 7.45. The van der Waals surface area contributed by atoms with Crippen LogP contribution in [0.1, 0.15) is 0 Å². The van der Waals surface area contributed by atoms with Gasteiger partial charge >= 0.3 is 0 Å². The lowest BCUT2D eigenvalue weighted by Gasteiger charge is -2.11. The fourth-order valence-electron chi connectivity index (χ4n) is 1.42. The van der Waals surface area contributed by atoms with Crippen molar-refractivity contribution in [2.75, 3.05) is 5.73 Å². The van der Waals surface area contributed by atoms with Gasteiger partial charge in [-0.2, -0.15) is 0 Å². The number of hydrogen-bond donors (Lipinski definition) is 2. The van der Waals surface area contributed by atoms with E-state index in [1.54, 1.807) is 12.1 Å². The van der Waals surface area contributed by atoms with Crippen molar-refractivity contribution < 1.29 is 13.5 Å². The molecule has 0 aliphatic heterocycles. The maximum absolute atomic E-state index is 11.0. The number of halogens is 3. The van der Waals surface area contributed by atoms with Crippen molar-refractivity contribution in [2.24, 2.45) is 0 Å². The summed E-state index contributed by atoms with van der Waals surface area (Å²) in [6, 6.07) is 7.31. The van der Waals surface area contributed by atoms with Gasteiger partial charge in [0.25, 0.3) is 0 Å². The summed E-state index contributed by atoms with van der Waals surface area (Å²) < 4.78 is 25.5. The lowest BCUT2D eigenvalue weighted by atomic mass is 10.3. The second-order valence-corrected chi connectivity index (χ2v) is 5.94. The van der Waals surface area contributed by atoms with Gasteiger partial charge in [-0.3, -0.25) is 0 Å². The summed E-state index contributed by atoms with van der Waals surface area (Å²) in [5.74, 6) is 0.564. The van der Waals surface area contributed by atoms with E-state index in [1.165, 1.54) is 18.2 Å². The van der Waals surface area contributed by atoms with Gasteiger partial charge in [-0.15, -0.1) is 0 Å². The first-order chi connectivity index (χ1) is 9.38. The average molecular weight is 353 g/mol. The summed E-state index contributed by atoms with van der Waals surface area (Å²) in [7, 11) is 0. The van der Waals surface area contributed by atoms with Crippen LogP contribution in [0.3, 0.4) is 0 Å². The molecule has 1 atom stereocenters. The molecule has 3 N–H and O–H groups in total. The van der Waals surface area contributed by atoms with Crippen LogP contribution in [0.25, 0.3) is 0 Å². The lowest BCUT2D eigenvalue weighted by molar-refractivity contribution is 0.482. The van der Waals surface area contributed by atoms with Crippen molar-refractivity contribution in [2.45, 2.75) is 4.90 Å². The molecule has 0 radical (unpaired) electrons. The van der Waals surface area contributed by atoms with E-state index < -0.39 is 11.1 Å². The third-order valence-electron chi connectivity index (χ3n) is 2.37. The van der Waals surface area contributed by atoms with E-state index in [-0.39, 0.29) is 20.7 Å². The molecule has 106 valence electrons. The number of benzene rings is 2. The smallest absolute Gasteiger partial charge is 0.186 e. The van der Waals surface area contributed by atoms with Gasteiger partial charge in [0.15, 0.2) is 16.8 Å². The molecule has 0 saturated heterocycles. The number of rotatable bonds is 3. The maximum atomic E-state index is 11.0. The predicted octanol–water partition coefficient (Wildman–Crippen LogP) is 4.60. The molecule has 0 amide bonds. The van der Waals surface area contributed by atoms with Crippen molar-refractivity contribution in [3.05, 3.63) is 45.4 Å². The van der Waals surface area contributed by atoms with Crippen LogP contribution < -0.4 is 10.5 Å². The molecular formula is C12H8Cl3NO3S. The molecule has 0 spiro atoms. The van der Waals surface area contributed by atoms with E-state index in [4.69, 9.17) is 49.8 Å². The van der Waals surface area contributed by atoms with E-state index in [2.05, 4.69) is 0 Å². The van der Waals surface area contributed by atoms with Gasteiger partial charge in [0, 0.05) is 6.07 Å². The fourth-order valence-corrected chi connectivity index (χ4v) is 2.73. The zero-order valence-corrected chi connectivity index (χ0v) is 12.9. The Labute approximate surface area is 132 Å². The number of nitrogens with two attached hydrogens (primary N) is 1. The van der Waals surface area contributed by atoms with Gasteiger partial charge in [-0.25, -0.2) is 4.21 Å². The number of nitrogen functional groups attached to an aromatic ring is 1. The zero-order chi connectivity index (χ0) is 14.9. The third kappa shape index (κ3) is 3.37. The standard InChI is InChI=1S/C12H8Cl3NO3S/c13-8-3-6(1-2-11(8)16)19-12-9(14)4-7(20(17)18)5-10(12)15/h1-5H,16H2,(H,17,18). The second kappa shape index (κ2) is 6.20. The van der Waals surface area contributed by atoms with Crippen molar-refractivity contribution in [1.82, 2.24) is 0 Å². The molecule has 0 fully saturated rings. The molecule has 0 heterocycles. The SMILES string of the molecule is Nc1ccc(Oc2c(Cl)cc(S(=O)O)cc2Cl)cc1Cl. The summed E-state index contributed by atoms with van der Waals surface area (Å²) >= 11 is 15.7. The Kier molecular flexibility index (Phi) is 4.78. The van der Waals surface area contributed by atoms with Gasteiger partial charge in [0.2, 0.25) is 0 Å². The Bertz CT molecular complexity index is 671. The molecule has 20 heavy (non-hydrogen) atoms. The minimum Gasteiger partial charge on any atom is -0.454 e. The molecule has 0 bridgehead atoms. The van der Waals surface area contributed by atoms with Crippen LogP contribution in [-0.2, 0) is 11.1 Å². The highest BCUT2D eigenvalue weighted by atomic mass is 35.5. The summed E-state index contributed by atoms with van der Waals surface area (Å²) in [4.78, 5) is 0.0858. The summed E-state index contributed by atoms with van der Waals surface area (Å²) in [5.41, 5.74) is 6.01. The molecule has 0 aromatic heterocycles. The van der Waals surface area contributed by atoms with Crippen LogP contribution in [0, 0.1) is 0 Å². The van der Waals surface area contributed by atoms with E-state index in [0.717, 1.165) is 0 Å². The molecule has 2 aromatic rings. The quantitative estimate of drug-likeness (QED) is 0.625. The zero-order valence-electron chi connectivity index (χ0n) is 9.77. The molecule has 2 rings (SSSR count). The van der Waals surface area contributed by atoms with Crippen LogP contribution in [0.4, 0.5) is 5.69 Å². The van der Waals surface area contributed by atoms with Gasteiger partial charge < -0.3 is 15.0 Å². The third-order valence-corrected chi connectivity index (χ3v) is 3.89. The van der Waals surface area contributed by atoms with Crippen molar-refractivity contribution >= 4 is 51.6 Å². The van der Waals surface area contributed by atoms with Gasteiger partial charge in [0.05, 0.1) is 25.7 Å². The van der Waals surface area contributed by atoms with Crippen molar-refractivity contribution in [1.29, 1.82) is 0 Å². The van der Waals surface area contributed by atoms with E-state index in [9.17, 15) is 4.21 Å². The van der Waals surface area contributed by atoms with Crippen LogP contribution in [0.15, 0.2) is 35.2 Å². The average Bonchev–Trinajstić information content (AvgIpc) is 2.37. The highest BCUT2D eigenvalue weighted by molar-refractivity contribution is 7.79. The second-order valence-electron chi connectivity index (χ2n) is 3.75. The van der Waals surface area contributed by atoms with E-state index in [1.807, 2.05) is 0 Å². The topological polar surface area (TPSA) is 72.5 Å². The molecule has 0 saturated carbocycles. The summed E-state index contributed by atoms with van der Waals surface area (Å²) in [6.45, 7) is 0. The lowest BCUT2D eigenvalue weighted by Crippen LogP contribution is -1.93. The number of hydrogen-bond acceptors (Lipinski definition) is 3. The highest BCUT2D eigenvalue weighted by Gasteiger charge is 2.13. The number of anilines is 1. The molecule has 1 unspecified atom stereocenters. The Morgan fingerprint density at radius 2 is 1.65 bits per heavy atom. The van der Waals surface area contributed by atoms with Gasteiger partial charge in [-0.05, 0) is 24.3 Å². The van der Waals surface area contributed by atoms with E-state index in [0.29, 0.717) is 16.5 Å². The normalized spacial score (nSPS) is 12.2. The Morgan fingerprint density at radius 3 is 2.15 bits per heavy atom. The molecular weight excluding hydrogens is 345 g/mol. The molecule has 2 aromatic carbocycles. The largest absolute Gasteiger partial charge is 0.454 e.